The predicted octanol–water partition coefficient (Wildman–Crippen LogP) is 5.42. The maximum Gasteiger partial charge on any atom is 0.0973 e. The van der Waals surface area contributed by atoms with Crippen molar-refractivity contribution in [2.24, 2.45) is 11.8 Å². The first-order valence-electron chi connectivity index (χ1n) is 7.49. The van der Waals surface area contributed by atoms with Crippen molar-refractivity contribution < 1.29 is 0 Å². The van der Waals surface area contributed by atoms with Gasteiger partial charge in [-0.2, -0.15) is 10.5 Å². The topological polar surface area (TPSA) is 47.6 Å². The molecule has 0 amide bonds. The first-order valence-corrected chi connectivity index (χ1v) is 9.12. The smallest absolute Gasteiger partial charge is 0.0973 e. The first kappa shape index (κ1) is 17.3. The van der Waals surface area contributed by atoms with Crippen LogP contribution in [-0.4, -0.2) is 9.49 Å². The summed E-state index contributed by atoms with van der Waals surface area (Å²) in [6, 6.07) is 4.78. The molecule has 0 saturated carbocycles. The Balaban J connectivity index is 2.59. The van der Waals surface area contributed by atoms with Crippen LogP contribution in [0.1, 0.15) is 41.5 Å². The van der Waals surface area contributed by atoms with Gasteiger partial charge >= 0.3 is 0 Å². The highest BCUT2D eigenvalue weighted by Gasteiger charge is 2.47. The fraction of sp³-hybridized carbons (Fsp3) is 0.556. The number of nitriles is 2. The van der Waals surface area contributed by atoms with Gasteiger partial charge in [0.15, 0.2) is 0 Å². The van der Waals surface area contributed by atoms with Gasteiger partial charge in [0.25, 0.3) is 0 Å². The van der Waals surface area contributed by atoms with E-state index in [0.717, 1.165) is 0 Å². The van der Waals surface area contributed by atoms with E-state index in [1.54, 1.807) is 23.5 Å². The molecular weight excluding hydrogens is 308 g/mol. The van der Waals surface area contributed by atoms with Crippen LogP contribution in [0.15, 0.2) is 33.1 Å². The zero-order chi connectivity index (χ0) is 16.7. The van der Waals surface area contributed by atoms with Crippen LogP contribution in [0.2, 0.25) is 0 Å². The van der Waals surface area contributed by atoms with E-state index in [1.807, 2.05) is 0 Å². The van der Waals surface area contributed by atoms with Gasteiger partial charge in [-0.25, -0.2) is 0 Å². The number of nitrogens with zero attached hydrogens (tertiary/aromatic N) is 2. The second kappa shape index (κ2) is 5.84. The maximum atomic E-state index is 9.86. The van der Waals surface area contributed by atoms with E-state index >= 15 is 0 Å². The third-order valence-electron chi connectivity index (χ3n) is 4.92. The Labute approximate surface area is 142 Å². The summed E-state index contributed by atoms with van der Waals surface area (Å²) in [6.07, 6.45) is 4.40. The van der Waals surface area contributed by atoms with Crippen molar-refractivity contribution in [1.82, 2.24) is 0 Å². The van der Waals surface area contributed by atoms with Crippen molar-refractivity contribution in [3.05, 3.63) is 33.1 Å². The van der Waals surface area contributed by atoms with Crippen LogP contribution in [-0.2, 0) is 0 Å². The fourth-order valence-electron chi connectivity index (χ4n) is 3.33. The van der Waals surface area contributed by atoms with Crippen LogP contribution in [0.25, 0.3) is 0 Å². The summed E-state index contributed by atoms with van der Waals surface area (Å²) in [5.74, 6) is 0.490. The Hall–Kier alpha value is -1.10. The molecule has 2 nitrogen and oxygen atoms in total. The number of allylic oxidation sites excluding steroid dienone is 4. The molecule has 0 fully saturated rings. The average Bonchev–Trinajstić information content (AvgIpc) is 2.83. The highest BCUT2D eigenvalue weighted by molar-refractivity contribution is 8.05. The lowest BCUT2D eigenvalue weighted by Crippen LogP contribution is -2.35. The van der Waals surface area contributed by atoms with E-state index < -0.39 is 0 Å². The lowest BCUT2D eigenvalue weighted by molar-refractivity contribution is 0.564. The molecule has 0 spiro atoms. The van der Waals surface area contributed by atoms with Gasteiger partial charge in [0.1, 0.15) is 0 Å². The van der Waals surface area contributed by atoms with Gasteiger partial charge in [-0.05, 0) is 49.3 Å². The Kier molecular flexibility index (Phi) is 4.58. The SMILES string of the molecule is CC1=CC(C)C(C)(/C(C#N)=C(\C#N)C2(C)SC(C)=CC2C)S1. The van der Waals surface area contributed by atoms with Gasteiger partial charge in [-0.15, -0.1) is 23.5 Å². The van der Waals surface area contributed by atoms with E-state index in [9.17, 15) is 10.5 Å². The van der Waals surface area contributed by atoms with Gasteiger partial charge in [0.05, 0.1) is 32.8 Å². The zero-order valence-electron chi connectivity index (χ0n) is 14.0. The molecule has 116 valence electrons. The first-order chi connectivity index (χ1) is 10.2. The molecule has 0 aliphatic carbocycles. The van der Waals surface area contributed by atoms with Crippen LogP contribution in [0.5, 0.6) is 0 Å². The molecule has 0 aromatic carbocycles. The van der Waals surface area contributed by atoms with Crippen molar-refractivity contribution >= 4 is 23.5 Å². The number of hydrogen-bond donors (Lipinski definition) is 0. The normalized spacial score (nSPS) is 38.7. The molecule has 2 aliphatic heterocycles. The summed E-state index contributed by atoms with van der Waals surface area (Å²) in [7, 11) is 0. The van der Waals surface area contributed by atoms with Crippen molar-refractivity contribution in [2.75, 3.05) is 0 Å². The number of rotatable bonds is 2. The van der Waals surface area contributed by atoms with Crippen LogP contribution in [0, 0.1) is 34.5 Å². The van der Waals surface area contributed by atoms with Crippen molar-refractivity contribution in [3.63, 3.8) is 0 Å². The highest BCUT2D eigenvalue weighted by Crippen LogP contribution is 2.55. The molecule has 0 saturated heterocycles. The van der Waals surface area contributed by atoms with E-state index in [4.69, 9.17) is 0 Å². The number of thioether (sulfide) groups is 2. The van der Waals surface area contributed by atoms with Gasteiger partial charge < -0.3 is 0 Å². The number of hydrogen-bond acceptors (Lipinski definition) is 4. The Morgan fingerprint density at radius 3 is 1.41 bits per heavy atom. The summed E-state index contributed by atoms with van der Waals surface area (Å²) in [5.41, 5.74) is 1.29. The third kappa shape index (κ3) is 2.53. The van der Waals surface area contributed by atoms with Crippen molar-refractivity contribution in [3.8, 4) is 12.1 Å². The van der Waals surface area contributed by atoms with Crippen molar-refractivity contribution in [2.45, 2.75) is 51.0 Å². The third-order valence-corrected chi connectivity index (χ3v) is 7.84. The molecule has 2 aliphatic rings. The monoisotopic (exact) mass is 330 g/mol. The summed E-state index contributed by atoms with van der Waals surface area (Å²) in [5, 5.41) is 19.7. The molecule has 0 aromatic heterocycles. The molecule has 4 heteroatoms. The Morgan fingerprint density at radius 1 is 0.909 bits per heavy atom. The fourth-order valence-corrected chi connectivity index (χ4v) is 6.22. The summed E-state index contributed by atoms with van der Waals surface area (Å²) >= 11 is 3.43. The quantitative estimate of drug-likeness (QED) is 0.634. The molecule has 2 heterocycles. The standard InChI is InChI=1S/C18H22N2S2/c1-11-7-13(3)21-17(11,5)15(9-19)16(10-20)18(6)12(2)8-14(4)22-18/h7-8,11-12H,1-6H3/b16-15+. The molecule has 0 N–H and O–H groups in total. The largest absolute Gasteiger partial charge is 0.193 e. The van der Waals surface area contributed by atoms with E-state index in [1.165, 1.54) is 9.81 Å². The van der Waals surface area contributed by atoms with E-state index in [2.05, 4.69) is 65.8 Å². The molecule has 22 heavy (non-hydrogen) atoms. The average molecular weight is 331 g/mol. The molecule has 4 unspecified atom stereocenters. The van der Waals surface area contributed by atoms with Crippen LogP contribution >= 0.6 is 23.5 Å². The Bertz CT molecular complexity index is 616. The predicted molar refractivity (Wildman–Crippen MR) is 96.1 cm³/mol. The molecule has 4 atom stereocenters. The second-order valence-corrected chi connectivity index (χ2v) is 9.92. The van der Waals surface area contributed by atoms with Crippen LogP contribution < -0.4 is 0 Å². The van der Waals surface area contributed by atoms with Gasteiger partial charge in [0.2, 0.25) is 0 Å². The zero-order valence-corrected chi connectivity index (χ0v) is 15.7. The minimum atomic E-state index is -0.344. The van der Waals surface area contributed by atoms with E-state index in [-0.39, 0.29) is 21.3 Å². The minimum absolute atomic E-state index is 0.245. The van der Waals surface area contributed by atoms with Crippen molar-refractivity contribution in [1.29, 1.82) is 10.5 Å². The summed E-state index contributed by atoms with van der Waals surface area (Å²) in [6.45, 7) is 12.6. The molecule has 0 aromatic rings. The Morgan fingerprint density at radius 2 is 1.23 bits per heavy atom. The highest BCUT2D eigenvalue weighted by atomic mass is 32.2. The lowest BCUT2D eigenvalue weighted by atomic mass is 9.79. The van der Waals surface area contributed by atoms with Gasteiger partial charge in [0, 0.05) is 0 Å². The second-order valence-electron chi connectivity index (χ2n) is 6.52. The van der Waals surface area contributed by atoms with Gasteiger partial charge in [-0.3, -0.25) is 0 Å². The lowest BCUT2D eigenvalue weighted by Gasteiger charge is -2.34. The van der Waals surface area contributed by atoms with Crippen LogP contribution in [0.3, 0.4) is 0 Å². The van der Waals surface area contributed by atoms with E-state index in [0.29, 0.717) is 11.1 Å². The molecule has 0 radical (unpaired) electrons. The van der Waals surface area contributed by atoms with Crippen LogP contribution in [0.4, 0.5) is 0 Å². The molecule has 0 bridgehead atoms. The molecular formula is C18H22N2S2. The molecule has 2 rings (SSSR count). The van der Waals surface area contributed by atoms with Gasteiger partial charge in [-0.1, -0.05) is 26.0 Å². The summed E-state index contributed by atoms with van der Waals surface area (Å²) in [4.78, 5) is 2.46. The minimum Gasteiger partial charge on any atom is -0.193 e. The summed E-state index contributed by atoms with van der Waals surface area (Å²) < 4.78 is -0.687. The maximum absolute atomic E-state index is 9.86.